The summed E-state index contributed by atoms with van der Waals surface area (Å²) in [6, 6.07) is 0. The molecule has 0 saturated carbocycles. The van der Waals surface area contributed by atoms with Crippen molar-refractivity contribution in [2.75, 3.05) is 26.3 Å². The zero-order valence-corrected chi connectivity index (χ0v) is 8.87. The van der Waals surface area contributed by atoms with Gasteiger partial charge in [-0.3, -0.25) is 4.79 Å². The summed E-state index contributed by atoms with van der Waals surface area (Å²) in [5, 5.41) is 0. The number of carbonyl (C=O) groups excluding carboxylic acids is 1. The zero-order chi connectivity index (χ0) is 9.97. The summed E-state index contributed by atoms with van der Waals surface area (Å²) in [7, 11) is 0. The predicted octanol–water partition coefficient (Wildman–Crippen LogP) is 1.28. The highest BCUT2D eigenvalue weighted by atomic mass is 16.5. The molecule has 2 rings (SSSR count). The second kappa shape index (κ2) is 4.30. The summed E-state index contributed by atoms with van der Waals surface area (Å²) in [4.78, 5) is 14.0. The van der Waals surface area contributed by atoms with E-state index in [0.29, 0.717) is 18.4 Å². The van der Waals surface area contributed by atoms with Crippen LogP contribution in [0.2, 0.25) is 0 Å². The fourth-order valence-electron chi connectivity index (χ4n) is 2.38. The molecule has 0 aromatic rings. The van der Waals surface area contributed by atoms with Crippen molar-refractivity contribution in [3.05, 3.63) is 0 Å². The zero-order valence-electron chi connectivity index (χ0n) is 8.87. The Morgan fingerprint density at radius 1 is 1.43 bits per heavy atom. The van der Waals surface area contributed by atoms with E-state index >= 15 is 0 Å². The average molecular weight is 197 g/mol. The molecule has 0 bridgehead atoms. The molecule has 2 aliphatic rings. The van der Waals surface area contributed by atoms with E-state index in [1.165, 1.54) is 12.8 Å². The van der Waals surface area contributed by atoms with E-state index in [-0.39, 0.29) is 5.92 Å². The first-order chi connectivity index (χ1) is 6.77. The van der Waals surface area contributed by atoms with Gasteiger partial charge in [0.15, 0.2) is 0 Å². The second-order valence-electron chi connectivity index (χ2n) is 4.59. The number of hydrogen-bond acceptors (Lipinski definition) is 2. The van der Waals surface area contributed by atoms with Crippen LogP contribution in [-0.2, 0) is 9.53 Å². The van der Waals surface area contributed by atoms with E-state index in [4.69, 9.17) is 4.74 Å². The smallest absolute Gasteiger partial charge is 0.228 e. The van der Waals surface area contributed by atoms with Crippen molar-refractivity contribution >= 4 is 5.91 Å². The lowest BCUT2D eigenvalue weighted by Crippen LogP contribution is -2.42. The number of rotatable bonds is 1. The maximum absolute atomic E-state index is 12.0. The van der Waals surface area contributed by atoms with Crippen LogP contribution in [0.25, 0.3) is 0 Å². The van der Waals surface area contributed by atoms with Gasteiger partial charge in [0.25, 0.3) is 0 Å². The van der Waals surface area contributed by atoms with Gasteiger partial charge < -0.3 is 9.64 Å². The third-order valence-electron chi connectivity index (χ3n) is 3.25. The van der Waals surface area contributed by atoms with Crippen molar-refractivity contribution in [1.29, 1.82) is 0 Å². The van der Waals surface area contributed by atoms with Gasteiger partial charge in [0, 0.05) is 19.7 Å². The maximum atomic E-state index is 12.0. The molecule has 80 valence electrons. The highest BCUT2D eigenvalue weighted by molar-refractivity contribution is 5.79. The molecule has 3 heteroatoms. The largest absolute Gasteiger partial charge is 0.381 e. The second-order valence-corrected chi connectivity index (χ2v) is 4.59. The van der Waals surface area contributed by atoms with Crippen molar-refractivity contribution in [3.63, 3.8) is 0 Å². The Kier molecular flexibility index (Phi) is 3.06. The molecule has 2 heterocycles. The molecule has 0 aromatic heterocycles. The molecular formula is C11H19NO2. The lowest BCUT2D eigenvalue weighted by molar-refractivity contribution is -0.137. The average Bonchev–Trinajstić information content (AvgIpc) is 2.69. The number of amides is 1. The minimum Gasteiger partial charge on any atom is -0.381 e. The van der Waals surface area contributed by atoms with Gasteiger partial charge in [0.1, 0.15) is 0 Å². The topological polar surface area (TPSA) is 29.5 Å². The summed E-state index contributed by atoms with van der Waals surface area (Å²) in [5.41, 5.74) is 0. The first-order valence-corrected chi connectivity index (χ1v) is 5.64. The van der Waals surface area contributed by atoms with Crippen LogP contribution < -0.4 is 0 Å². The molecule has 0 N–H and O–H groups in total. The Labute approximate surface area is 85.4 Å². The van der Waals surface area contributed by atoms with Gasteiger partial charge in [-0.25, -0.2) is 0 Å². The fourth-order valence-corrected chi connectivity index (χ4v) is 2.38. The van der Waals surface area contributed by atoms with Crippen LogP contribution in [-0.4, -0.2) is 37.1 Å². The van der Waals surface area contributed by atoms with Crippen LogP contribution in [0, 0.1) is 11.8 Å². The quantitative estimate of drug-likeness (QED) is 0.633. The van der Waals surface area contributed by atoms with Crippen LogP contribution in [0.5, 0.6) is 0 Å². The molecule has 3 nitrogen and oxygen atoms in total. The highest BCUT2D eigenvalue weighted by Gasteiger charge is 2.29. The van der Waals surface area contributed by atoms with Gasteiger partial charge in [-0.2, -0.15) is 0 Å². The van der Waals surface area contributed by atoms with Gasteiger partial charge in [0.05, 0.1) is 12.5 Å². The monoisotopic (exact) mass is 197 g/mol. The SMILES string of the molecule is CC1CCCN(C(=O)C2CCOC2)C1. The summed E-state index contributed by atoms with van der Waals surface area (Å²) >= 11 is 0. The molecule has 0 aliphatic carbocycles. The van der Waals surface area contributed by atoms with Crippen LogP contribution in [0.4, 0.5) is 0 Å². The minimum atomic E-state index is 0.153. The highest BCUT2D eigenvalue weighted by Crippen LogP contribution is 2.21. The van der Waals surface area contributed by atoms with E-state index in [1.54, 1.807) is 0 Å². The van der Waals surface area contributed by atoms with E-state index in [0.717, 1.165) is 26.1 Å². The van der Waals surface area contributed by atoms with Gasteiger partial charge in [-0.1, -0.05) is 6.92 Å². The van der Waals surface area contributed by atoms with Crippen molar-refractivity contribution in [3.8, 4) is 0 Å². The number of carbonyl (C=O) groups is 1. The Morgan fingerprint density at radius 3 is 2.93 bits per heavy atom. The van der Waals surface area contributed by atoms with Gasteiger partial charge in [-0.15, -0.1) is 0 Å². The van der Waals surface area contributed by atoms with E-state index in [9.17, 15) is 4.79 Å². The Bertz CT molecular complexity index is 211. The molecule has 0 aromatic carbocycles. The van der Waals surface area contributed by atoms with Crippen LogP contribution in [0.15, 0.2) is 0 Å². The molecule has 2 aliphatic heterocycles. The predicted molar refractivity (Wildman–Crippen MR) is 53.9 cm³/mol. The Hall–Kier alpha value is -0.570. The number of likely N-dealkylation sites (tertiary alicyclic amines) is 1. The maximum Gasteiger partial charge on any atom is 0.228 e. The first kappa shape index (κ1) is 9.97. The molecule has 2 atom stereocenters. The lowest BCUT2D eigenvalue weighted by Gasteiger charge is -2.32. The number of piperidine rings is 1. The summed E-state index contributed by atoms with van der Waals surface area (Å²) < 4.78 is 5.25. The van der Waals surface area contributed by atoms with Crippen molar-refractivity contribution in [2.24, 2.45) is 11.8 Å². The van der Waals surface area contributed by atoms with Gasteiger partial charge >= 0.3 is 0 Å². The van der Waals surface area contributed by atoms with E-state index < -0.39 is 0 Å². The number of nitrogens with zero attached hydrogens (tertiary/aromatic N) is 1. The van der Waals surface area contributed by atoms with E-state index in [1.807, 2.05) is 4.90 Å². The van der Waals surface area contributed by atoms with Crippen LogP contribution >= 0.6 is 0 Å². The standard InChI is InChI=1S/C11H19NO2/c1-9-3-2-5-12(7-9)11(13)10-4-6-14-8-10/h9-10H,2-8H2,1H3. The summed E-state index contributed by atoms with van der Waals surface area (Å²) in [5.74, 6) is 1.16. The van der Waals surface area contributed by atoms with Gasteiger partial charge in [0.2, 0.25) is 5.91 Å². The van der Waals surface area contributed by atoms with Crippen LogP contribution in [0.3, 0.4) is 0 Å². The Morgan fingerprint density at radius 2 is 2.29 bits per heavy atom. The van der Waals surface area contributed by atoms with Gasteiger partial charge in [-0.05, 0) is 25.2 Å². The molecule has 1 amide bonds. The van der Waals surface area contributed by atoms with E-state index in [2.05, 4.69) is 6.92 Å². The molecule has 14 heavy (non-hydrogen) atoms. The molecule has 2 fully saturated rings. The summed E-state index contributed by atoms with van der Waals surface area (Å²) in [6.07, 6.45) is 3.36. The molecular weight excluding hydrogens is 178 g/mol. The normalized spacial score (nSPS) is 33.4. The molecule has 2 saturated heterocycles. The molecule has 2 unspecified atom stereocenters. The van der Waals surface area contributed by atoms with Crippen molar-refractivity contribution in [1.82, 2.24) is 4.90 Å². The Balaban J connectivity index is 1.89. The first-order valence-electron chi connectivity index (χ1n) is 5.64. The number of hydrogen-bond donors (Lipinski definition) is 0. The third-order valence-corrected chi connectivity index (χ3v) is 3.25. The third kappa shape index (κ3) is 2.08. The van der Waals surface area contributed by atoms with Crippen molar-refractivity contribution in [2.45, 2.75) is 26.2 Å². The van der Waals surface area contributed by atoms with Crippen LogP contribution in [0.1, 0.15) is 26.2 Å². The fraction of sp³-hybridized carbons (Fsp3) is 0.909. The number of ether oxygens (including phenoxy) is 1. The molecule has 0 spiro atoms. The lowest BCUT2D eigenvalue weighted by atomic mass is 9.98. The molecule has 0 radical (unpaired) electrons. The summed E-state index contributed by atoms with van der Waals surface area (Å²) in [6.45, 7) is 5.54. The minimum absolute atomic E-state index is 0.153. The van der Waals surface area contributed by atoms with Crippen molar-refractivity contribution < 1.29 is 9.53 Å².